The minimum Gasteiger partial charge on any atom is -0.466 e. The number of methoxy groups -OCH3 is 1. The summed E-state index contributed by atoms with van der Waals surface area (Å²) in [6.07, 6.45) is 0.730. The van der Waals surface area contributed by atoms with Crippen molar-refractivity contribution in [1.29, 1.82) is 0 Å². The number of nitrogens with zero attached hydrogens (tertiary/aromatic N) is 2. The maximum Gasteiger partial charge on any atom is 0.331 e. The van der Waals surface area contributed by atoms with Gasteiger partial charge < -0.3 is 9.47 Å². The van der Waals surface area contributed by atoms with E-state index < -0.39 is 0 Å². The molecule has 6 heteroatoms. The van der Waals surface area contributed by atoms with Crippen molar-refractivity contribution in [2.24, 2.45) is 0 Å². The Kier molecular flexibility index (Phi) is 3.11. The van der Waals surface area contributed by atoms with E-state index in [1.54, 1.807) is 24.3 Å². The minimum absolute atomic E-state index is 0.253. The highest BCUT2D eigenvalue weighted by Gasteiger charge is 2.08. The summed E-state index contributed by atoms with van der Waals surface area (Å²) >= 11 is 1.06. The number of para-hydroxylation sites is 1. The Morgan fingerprint density at radius 3 is 2.88 bits per heavy atom. The Bertz CT molecular complexity index is 498. The van der Waals surface area contributed by atoms with Gasteiger partial charge in [-0.1, -0.05) is 12.1 Å². The molecule has 0 aliphatic heterocycles. The fraction of sp³-hybridized carbons (Fsp3) is 0.100. The van der Waals surface area contributed by atoms with Crippen molar-refractivity contribution >= 4 is 17.8 Å². The topological polar surface area (TPSA) is 61.3 Å². The molecule has 0 saturated carbocycles. The molecule has 0 amide bonds. The molecule has 0 fully saturated rings. The molecule has 0 saturated heterocycles. The molecule has 1 aromatic heterocycles. The van der Waals surface area contributed by atoms with Gasteiger partial charge in [-0.05, 0) is 12.1 Å². The lowest BCUT2D eigenvalue weighted by Gasteiger charge is -2.02. The van der Waals surface area contributed by atoms with Gasteiger partial charge in [-0.2, -0.15) is 0 Å². The quantitative estimate of drug-likeness (QED) is 0.761. The molecule has 1 heterocycles. The number of hydrogen-bond acceptors (Lipinski definition) is 6. The highest BCUT2D eigenvalue weighted by atomic mass is 32.1. The van der Waals surface area contributed by atoms with Crippen LogP contribution in [0.3, 0.4) is 0 Å². The van der Waals surface area contributed by atoms with Crippen LogP contribution in [0.4, 0.5) is 0 Å². The summed E-state index contributed by atoms with van der Waals surface area (Å²) in [5.74, 6) is 0.455. The van der Waals surface area contributed by atoms with Crippen LogP contribution in [0.1, 0.15) is 10.4 Å². The molecule has 0 spiro atoms. The number of carbonyl (C=O) groups excluding carboxylic acids is 1. The molecule has 0 aliphatic rings. The molecule has 0 unspecified atom stereocenters. The van der Waals surface area contributed by atoms with Gasteiger partial charge in [0, 0.05) is 11.5 Å². The molecule has 0 aliphatic carbocycles. The van der Waals surface area contributed by atoms with E-state index in [4.69, 9.17) is 9.47 Å². The fourth-order valence-electron chi connectivity index (χ4n) is 1.09. The lowest BCUT2D eigenvalue weighted by atomic mass is 10.2. The Labute approximate surface area is 95.8 Å². The van der Waals surface area contributed by atoms with Crippen LogP contribution in [0.15, 0.2) is 24.3 Å². The third kappa shape index (κ3) is 2.17. The molecule has 1 aromatic carbocycles. The number of benzene rings is 1. The standard InChI is InChI=1S/C10H8N2O3S/c1-14-9-11-10(16-12-9)15-8-5-3-2-4-7(8)6-13/h2-6H,1H3. The van der Waals surface area contributed by atoms with E-state index in [9.17, 15) is 4.79 Å². The molecule has 16 heavy (non-hydrogen) atoms. The number of aldehydes is 1. The summed E-state index contributed by atoms with van der Waals surface area (Å²) in [5.41, 5.74) is 0.469. The van der Waals surface area contributed by atoms with Gasteiger partial charge >= 0.3 is 11.2 Å². The zero-order valence-electron chi connectivity index (χ0n) is 8.41. The number of rotatable bonds is 4. The molecule has 2 aromatic rings. The monoisotopic (exact) mass is 236 g/mol. The summed E-state index contributed by atoms with van der Waals surface area (Å²) in [4.78, 5) is 14.7. The summed E-state index contributed by atoms with van der Waals surface area (Å²) in [5, 5.41) is 0.339. The van der Waals surface area contributed by atoms with Crippen molar-refractivity contribution in [2.45, 2.75) is 0 Å². The summed E-state index contributed by atoms with van der Waals surface area (Å²) < 4.78 is 14.1. The normalized spacial score (nSPS) is 9.81. The first-order valence-electron chi connectivity index (χ1n) is 4.43. The van der Waals surface area contributed by atoms with E-state index in [1.807, 2.05) is 0 Å². The zero-order chi connectivity index (χ0) is 11.4. The average Bonchev–Trinajstić information content (AvgIpc) is 2.77. The first-order valence-corrected chi connectivity index (χ1v) is 5.20. The first kappa shape index (κ1) is 10.6. The number of carbonyl (C=O) groups is 1. The van der Waals surface area contributed by atoms with Crippen molar-refractivity contribution in [3.05, 3.63) is 29.8 Å². The average molecular weight is 236 g/mol. The third-order valence-corrected chi connectivity index (χ3v) is 2.39. The van der Waals surface area contributed by atoms with Crippen molar-refractivity contribution in [1.82, 2.24) is 9.36 Å². The van der Waals surface area contributed by atoms with E-state index in [1.165, 1.54) is 7.11 Å². The molecule has 5 nitrogen and oxygen atoms in total. The van der Waals surface area contributed by atoms with Crippen LogP contribution >= 0.6 is 11.5 Å². The number of hydrogen-bond donors (Lipinski definition) is 0. The molecule has 0 atom stereocenters. The second-order valence-electron chi connectivity index (χ2n) is 2.80. The Morgan fingerprint density at radius 1 is 1.38 bits per heavy atom. The van der Waals surface area contributed by atoms with Crippen molar-refractivity contribution in [3.63, 3.8) is 0 Å². The number of ether oxygens (including phenoxy) is 2. The van der Waals surface area contributed by atoms with Crippen LogP contribution in [0.2, 0.25) is 0 Å². The molecular formula is C10H8N2O3S. The highest BCUT2D eigenvalue weighted by molar-refractivity contribution is 7.07. The van der Waals surface area contributed by atoms with Crippen molar-refractivity contribution in [3.8, 4) is 17.0 Å². The molecule has 0 N–H and O–H groups in total. The molecule has 0 bridgehead atoms. The van der Waals surface area contributed by atoms with Crippen LogP contribution < -0.4 is 9.47 Å². The van der Waals surface area contributed by atoms with Crippen LogP contribution in [0, 0.1) is 0 Å². The lowest BCUT2D eigenvalue weighted by molar-refractivity contribution is 0.112. The van der Waals surface area contributed by atoms with Gasteiger partial charge in [0.1, 0.15) is 5.75 Å². The third-order valence-electron chi connectivity index (χ3n) is 1.81. The second kappa shape index (κ2) is 4.71. The van der Waals surface area contributed by atoms with E-state index in [0.29, 0.717) is 16.5 Å². The largest absolute Gasteiger partial charge is 0.466 e. The predicted molar refractivity (Wildman–Crippen MR) is 58.4 cm³/mol. The van der Waals surface area contributed by atoms with Crippen LogP contribution in [-0.2, 0) is 0 Å². The van der Waals surface area contributed by atoms with Gasteiger partial charge in [-0.3, -0.25) is 4.79 Å². The van der Waals surface area contributed by atoms with E-state index >= 15 is 0 Å². The van der Waals surface area contributed by atoms with Gasteiger partial charge in [0.15, 0.2) is 6.29 Å². The molecule has 82 valence electrons. The Balaban J connectivity index is 2.22. The second-order valence-corrected chi connectivity index (χ2v) is 3.52. The van der Waals surface area contributed by atoms with E-state index in [2.05, 4.69) is 9.36 Å². The summed E-state index contributed by atoms with van der Waals surface area (Å²) in [7, 11) is 1.48. The summed E-state index contributed by atoms with van der Waals surface area (Å²) in [6.45, 7) is 0. The molecule has 0 radical (unpaired) electrons. The highest BCUT2D eigenvalue weighted by Crippen LogP contribution is 2.27. The van der Waals surface area contributed by atoms with E-state index in [0.717, 1.165) is 17.8 Å². The SMILES string of the molecule is COc1nsc(Oc2ccccc2C=O)n1. The van der Waals surface area contributed by atoms with Crippen molar-refractivity contribution < 1.29 is 14.3 Å². The van der Waals surface area contributed by atoms with Gasteiger partial charge in [0.2, 0.25) is 0 Å². The maximum atomic E-state index is 10.7. The van der Waals surface area contributed by atoms with Crippen LogP contribution in [0.5, 0.6) is 17.0 Å². The van der Waals surface area contributed by atoms with Gasteiger partial charge in [-0.15, -0.1) is 9.36 Å². The smallest absolute Gasteiger partial charge is 0.331 e. The van der Waals surface area contributed by atoms with Crippen LogP contribution in [0.25, 0.3) is 0 Å². The van der Waals surface area contributed by atoms with Gasteiger partial charge in [-0.25, -0.2) is 0 Å². The Morgan fingerprint density at radius 2 is 2.19 bits per heavy atom. The predicted octanol–water partition coefficient (Wildman–Crippen LogP) is 2.15. The molecule has 2 rings (SSSR count). The first-order chi connectivity index (χ1) is 7.83. The fourth-order valence-corrected chi connectivity index (χ4v) is 1.60. The number of aromatic nitrogens is 2. The Hall–Kier alpha value is -1.95. The van der Waals surface area contributed by atoms with Crippen molar-refractivity contribution in [2.75, 3.05) is 7.11 Å². The van der Waals surface area contributed by atoms with Gasteiger partial charge in [0.05, 0.1) is 12.7 Å². The van der Waals surface area contributed by atoms with E-state index in [-0.39, 0.29) is 6.01 Å². The summed E-state index contributed by atoms with van der Waals surface area (Å²) in [6, 6.07) is 7.15. The lowest BCUT2D eigenvalue weighted by Crippen LogP contribution is -1.89. The minimum atomic E-state index is 0.253. The van der Waals surface area contributed by atoms with Gasteiger partial charge in [0.25, 0.3) is 0 Å². The maximum absolute atomic E-state index is 10.7. The van der Waals surface area contributed by atoms with Crippen LogP contribution in [-0.4, -0.2) is 22.8 Å². The molecular weight excluding hydrogens is 228 g/mol. The zero-order valence-corrected chi connectivity index (χ0v) is 9.23.